The van der Waals surface area contributed by atoms with Gasteiger partial charge in [0.15, 0.2) is 0 Å². The zero-order valence-corrected chi connectivity index (χ0v) is 24.9. The fraction of sp³-hybridized carbons (Fsp3) is 0.467. The molecule has 236 valence electrons. The lowest BCUT2D eigenvalue weighted by Crippen LogP contribution is -2.38. The number of carbonyl (C=O) groups is 1. The molecule has 6 rings (SSSR count). The molecule has 3 aliphatic rings. The Hall–Kier alpha value is -3.68. The van der Waals surface area contributed by atoms with E-state index >= 15 is 0 Å². The van der Waals surface area contributed by atoms with E-state index in [-0.39, 0.29) is 23.4 Å². The van der Waals surface area contributed by atoms with Crippen molar-refractivity contribution in [1.82, 2.24) is 14.9 Å². The minimum Gasteiger partial charge on any atom is -0.444 e. The van der Waals surface area contributed by atoms with Gasteiger partial charge in [0.05, 0.1) is 24.5 Å². The van der Waals surface area contributed by atoms with Crippen LogP contribution in [0.2, 0.25) is 0 Å². The smallest absolute Gasteiger partial charge is 0.444 e. The van der Waals surface area contributed by atoms with Gasteiger partial charge in [-0.3, -0.25) is 4.90 Å². The van der Waals surface area contributed by atoms with E-state index in [1.165, 1.54) is 12.3 Å². The fourth-order valence-electron chi connectivity index (χ4n) is 6.29. The molecule has 1 aromatic heterocycles. The van der Waals surface area contributed by atoms with Crippen molar-refractivity contribution < 1.29 is 44.1 Å². The van der Waals surface area contributed by atoms with Crippen molar-refractivity contribution in [2.75, 3.05) is 6.54 Å². The maximum Gasteiger partial charge on any atom is 0.534 e. The summed E-state index contributed by atoms with van der Waals surface area (Å²) in [5, 5.41) is 0. The van der Waals surface area contributed by atoms with Gasteiger partial charge in [-0.1, -0.05) is 30.3 Å². The average molecular weight is 640 g/mol. The molecule has 8 nitrogen and oxygen atoms in total. The van der Waals surface area contributed by atoms with E-state index in [1.807, 2.05) is 12.1 Å². The Morgan fingerprint density at radius 3 is 2.34 bits per heavy atom. The van der Waals surface area contributed by atoms with Crippen molar-refractivity contribution in [3.63, 3.8) is 0 Å². The van der Waals surface area contributed by atoms with E-state index in [1.54, 1.807) is 39.0 Å². The van der Waals surface area contributed by atoms with Gasteiger partial charge in [-0.05, 0) is 80.2 Å². The number of nitrogens with one attached hydrogen (secondary N) is 1. The summed E-state index contributed by atoms with van der Waals surface area (Å²) in [5.41, 5.74) is -2.33. The first-order chi connectivity index (χ1) is 20.4. The molecular formula is C30H30F5N3O5S. The summed E-state index contributed by atoms with van der Waals surface area (Å²) in [5.74, 6) is -2.88. The third-order valence-electron chi connectivity index (χ3n) is 8.37. The molecule has 2 aromatic carbocycles. The van der Waals surface area contributed by atoms with E-state index in [2.05, 4.69) is 14.2 Å². The molecule has 1 amide bonds. The number of aromatic nitrogens is 2. The third kappa shape index (κ3) is 5.52. The Bertz CT molecular complexity index is 1710. The number of imidazole rings is 1. The van der Waals surface area contributed by atoms with E-state index < -0.39 is 52.3 Å². The monoisotopic (exact) mass is 639 g/mol. The van der Waals surface area contributed by atoms with Crippen molar-refractivity contribution in [3.05, 3.63) is 59.5 Å². The van der Waals surface area contributed by atoms with Crippen LogP contribution in [0.1, 0.15) is 68.9 Å². The van der Waals surface area contributed by atoms with Crippen molar-refractivity contribution >= 4 is 16.2 Å². The van der Waals surface area contributed by atoms with E-state index in [0.29, 0.717) is 23.2 Å². The van der Waals surface area contributed by atoms with Gasteiger partial charge < -0.3 is 13.9 Å². The predicted molar refractivity (Wildman–Crippen MR) is 149 cm³/mol. The number of hydrogen-bond acceptors (Lipinski definition) is 6. The van der Waals surface area contributed by atoms with Crippen LogP contribution < -0.4 is 4.18 Å². The first-order valence-electron chi connectivity index (χ1n) is 14.1. The van der Waals surface area contributed by atoms with Gasteiger partial charge in [-0.15, -0.1) is 0 Å². The first-order valence-corrected chi connectivity index (χ1v) is 15.5. The summed E-state index contributed by atoms with van der Waals surface area (Å²) in [6.45, 7) is 4.18. The van der Waals surface area contributed by atoms with Crippen molar-refractivity contribution in [1.29, 1.82) is 0 Å². The maximum absolute atomic E-state index is 14.4. The van der Waals surface area contributed by atoms with Gasteiger partial charge >= 0.3 is 21.7 Å². The first kappa shape index (κ1) is 30.4. The topological polar surface area (TPSA) is 102 Å². The number of fused-ring (bicyclic) bond motifs is 3. The number of rotatable bonds is 5. The number of aromatic amines is 1. The minimum absolute atomic E-state index is 0.101. The summed E-state index contributed by atoms with van der Waals surface area (Å²) in [4.78, 5) is 21.0. The number of amides is 1. The zero-order chi connectivity index (χ0) is 31.8. The van der Waals surface area contributed by atoms with Gasteiger partial charge in [0.2, 0.25) is 0 Å². The van der Waals surface area contributed by atoms with Gasteiger partial charge in [0.1, 0.15) is 17.2 Å². The summed E-state index contributed by atoms with van der Waals surface area (Å²) < 4.78 is 101. The molecule has 1 saturated heterocycles. The minimum atomic E-state index is -5.81. The SMILES string of the molecule is CC(C)(C)OC(=O)N1CC(F)(F)CC1c1ncc(-c2ccc(-c3ccc(OS(=O)(=O)C(F)(F)F)c4c3C3CCC3C4)cc2)[nH]1. The highest BCUT2D eigenvalue weighted by Crippen LogP contribution is 2.56. The molecule has 2 heterocycles. The van der Waals surface area contributed by atoms with Gasteiger partial charge in [0.25, 0.3) is 5.92 Å². The number of nitrogens with zero attached hydrogens (tertiary/aromatic N) is 2. The second-order valence-corrected chi connectivity index (χ2v) is 14.1. The number of carbonyl (C=O) groups excluding carboxylic acids is 1. The number of benzene rings is 2. The second kappa shape index (κ2) is 10.2. The molecule has 3 atom stereocenters. The van der Waals surface area contributed by atoms with Crippen LogP contribution in [0, 0.1) is 5.92 Å². The van der Waals surface area contributed by atoms with Crippen molar-refractivity contribution in [2.45, 2.75) is 75.4 Å². The predicted octanol–water partition coefficient (Wildman–Crippen LogP) is 7.34. The van der Waals surface area contributed by atoms with Crippen LogP contribution in [0.5, 0.6) is 5.75 Å². The van der Waals surface area contributed by atoms with Crippen LogP contribution >= 0.6 is 0 Å². The highest BCUT2D eigenvalue weighted by atomic mass is 32.2. The highest BCUT2D eigenvalue weighted by Gasteiger charge is 2.51. The molecule has 0 spiro atoms. The summed E-state index contributed by atoms with van der Waals surface area (Å²) in [7, 11) is -5.81. The van der Waals surface area contributed by atoms with E-state index in [0.717, 1.165) is 34.4 Å². The number of likely N-dealkylation sites (tertiary alicyclic amines) is 1. The van der Waals surface area contributed by atoms with Crippen LogP contribution in [0.4, 0.5) is 26.7 Å². The van der Waals surface area contributed by atoms with Crippen LogP contribution in [0.3, 0.4) is 0 Å². The Labute approximate surface area is 250 Å². The Balaban J connectivity index is 1.26. The fourth-order valence-corrected chi connectivity index (χ4v) is 6.77. The Morgan fingerprint density at radius 2 is 1.73 bits per heavy atom. The lowest BCUT2D eigenvalue weighted by atomic mass is 9.73. The molecule has 14 heteroatoms. The second-order valence-electron chi connectivity index (χ2n) is 12.6. The van der Waals surface area contributed by atoms with Gasteiger partial charge in [-0.25, -0.2) is 18.6 Å². The van der Waals surface area contributed by atoms with Crippen LogP contribution in [-0.2, 0) is 21.3 Å². The summed E-state index contributed by atoms with van der Waals surface area (Å²) >= 11 is 0. The van der Waals surface area contributed by atoms with Crippen LogP contribution in [-0.4, -0.2) is 53.0 Å². The molecule has 1 saturated carbocycles. The molecule has 44 heavy (non-hydrogen) atoms. The van der Waals surface area contributed by atoms with Crippen LogP contribution in [0.15, 0.2) is 42.6 Å². The quantitative estimate of drug-likeness (QED) is 0.178. The molecule has 0 radical (unpaired) electrons. The number of halogens is 5. The van der Waals surface area contributed by atoms with Gasteiger partial charge in [-0.2, -0.15) is 21.6 Å². The highest BCUT2D eigenvalue weighted by molar-refractivity contribution is 7.88. The molecular weight excluding hydrogens is 609 g/mol. The Kier molecular flexibility index (Phi) is 7.02. The summed E-state index contributed by atoms with van der Waals surface area (Å²) in [6.07, 6.45) is 2.22. The van der Waals surface area contributed by atoms with Crippen molar-refractivity contribution in [2.24, 2.45) is 5.92 Å². The molecule has 3 unspecified atom stereocenters. The normalized spacial score (nSPS) is 22.7. The average Bonchev–Trinajstić information content (AvgIpc) is 3.57. The molecule has 0 bridgehead atoms. The maximum atomic E-state index is 14.4. The number of alkyl halides is 5. The lowest BCUT2D eigenvalue weighted by Gasteiger charge is -2.31. The molecule has 1 N–H and O–H groups in total. The number of hydrogen-bond donors (Lipinski definition) is 1. The third-order valence-corrected chi connectivity index (χ3v) is 9.33. The van der Waals surface area contributed by atoms with Crippen molar-refractivity contribution in [3.8, 4) is 28.1 Å². The lowest BCUT2D eigenvalue weighted by molar-refractivity contribution is -0.0500. The molecule has 2 fully saturated rings. The zero-order valence-electron chi connectivity index (χ0n) is 24.0. The molecule has 1 aliphatic heterocycles. The molecule has 3 aromatic rings. The van der Waals surface area contributed by atoms with E-state index in [9.17, 15) is 35.2 Å². The number of H-pyrrole nitrogens is 1. The standard InChI is InChI=1S/C30H30F5N3O5S/c1-28(2,3)42-27(39)38-15-29(31,32)13-23(38)26-36-14-22(37-26)17-6-4-16(5-7-17)19-10-11-24(43-44(40,41)30(33,34)35)21-12-18-8-9-20(18)25(19)21/h4-7,10-11,14,18,20,23H,8-9,12-13,15H2,1-3H3,(H,36,37). The summed E-state index contributed by atoms with van der Waals surface area (Å²) in [6, 6.07) is 9.07. The van der Waals surface area contributed by atoms with E-state index in [4.69, 9.17) is 4.74 Å². The largest absolute Gasteiger partial charge is 0.534 e. The van der Waals surface area contributed by atoms with Gasteiger partial charge in [0, 0.05) is 12.0 Å². The Morgan fingerprint density at radius 1 is 1.05 bits per heavy atom. The van der Waals surface area contributed by atoms with Crippen LogP contribution in [0.25, 0.3) is 22.4 Å². The molecule has 2 aliphatic carbocycles. The number of ether oxygens (including phenoxy) is 1.